The summed E-state index contributed by atoms with van der Waals surface area (Å²) in [4.78, 5) is 14.9. The highest BCUT2D eigenvalue weighted by atomic mass is 16.1. The third kappa shape index (κ3) is 3.86. The van der Waals surface area contributed by atoms with E-state index in [1.165, 1.54) is 12.0 Å². The third-order valence-corrected chi connectivity index (χ3v) is 3.34. The van der Waals surface area contributed by atoms with E-state index in [1.807, 2.05) is 4.90 Å². The van der Waals surface area contributed by atoms with Gasteiger partial charge in [0.15, 0.2) is 0 Å². The SMILES string of the molecule is O=CN1CCN(CCCc2ccccc2)CC1. The second kappa shape index (κ2) is 6.40. The fourth-order valence-corrected chi connectivity index (χ4v) is 2.24. The number of piperazine rings is 1. The number of benzene rings is 1. The molecule has 2 rings (SSSR count). The molecule has 0 bridgehead atoms. The van der Waals surface area contributed by atoms with E-state index in [9.17, 15) is 4.79 Å². The Morgan fingerprint density at radius 3 is 2.41 bits per heavy atom. The maximum atomic E-state index is 10.6. The lowest BCUT2D eigenvalue weighted by Gasteiger charge is -2.32. The average Bonchev–Trinajstić information content (AvgIpc) is 2.41. The Morgan fingerprint density at radius 2 is 1.76 bits per heavy atom. The first kappa shape index (κ1) is 12.1. The molecular weight excluding hydrogens is 212 g/mol. The molecule has 1 aliphatic rings. The van der Waals surface area contributed by atoms with Gasteiger partial charge in [0.25, 0.3) is 0 Å². The zero-order valence-electron chi connectivity index (χ0n) is 10.2. The van der Waals surface area contributed by atoms with Crippen LogP contribution in [0.5, 0.6) is 0 Å². The van der Waals surface area contributed by atoms with Gasteiger partial charge in [-0.05, 0) is 24.9 Å². The molecule has 0 aliphatic carbocycles. The Labute approximate surface area is 103 Å². The van der Waals surface area contributed by atoms with Crippen molar-refractivity contribution in [3.8, 4) is 0 Å². The molecule has 0 saturated carbocycles. The summed E-state index contributed by atoms with van der Waals surface area (Å²) in [5.74, 6) is 0. The molecule has 1 aromatic rings. The minimum absolute atomic E-state index is 0.884. The molecule has 1 amide bonds. The number of aryl methyl sites for hydroxylation is 1. The molecule has 0 aromatic heterocycles. The van der Waals surface area contributed by atoms with Gasteiger partial charge in [0.05, 0.1) is 0 Å². The van der Waals surface area contributed by atoms with Crippen LogP contribution in [0.4, 0.5) is 0 Å². The Morgan fingerprint density at radius 1 is 1.06 bits per heavy atom. The lowest BCUT2D eigenvalue weighted by molar-refractivity contribution is -0.119. The first-order valence-corrected chi connectivity index (χ1v) is 6.34. The van der Waals surface area contributed by atoms with Crippen molar-refractivity contribution in [2.75, 3.05) is 32.7 Å². The van der Waals surface area contributed by atoms with Gasteiger partial charge in [-0.2, -0.15) is 0 Å². The Kier molecular flexibility index (Phi) is 4.56. The maximum absolute atomic E-state index is 10.6. The van der Waals surface area contributed by atoms with Gasteiger partial charge in [-0.3, -0.25) is 9.69 Å². The molecule has 0 atom stereocenters. The Balaban J connectivity index is 1.65. The van der Waals surface area contributed by atoms with E-state index < -0.39 is 0 Å². The van der Waals surface area contributed by atoms with E-state index in [0.29, 0.717) is 0 Å². The van der Waals surface area contributed by atoms with Crippen LogP contribution in [0.25, 0.3) is 0 Å². The second-order valence-corrected chi connectivity index (χ2v) is 4.57. The molecule has 1 saturated heterocycles. The van der Waals surface area contributed by atoms with Gasteiger partial charge in [0.2, 0.25) is 6.41 Å². The van der Waals surface area contributed by atoms with Gasteiger partial charge in [-0.1, -0.05) is 30.3 Å². The van der Waals surface area contributed by atoms with Crippen molar-refractivity contribution in [2.45, 2.75) is 12.8 Å². The third-order valence-electron chi connectivity index (χ3n) is 3.34. The zero-order chi connectivity index (χ0) is 11.9. The minimum Gasteiger partial charge on any atom is -0.343 e. The number of carbonyl (C=O) groups is 1. The second-order valence-electron chi connectivity index (χ2n) is 4.57. The summed E-state index contributed by atoms with van der Waals surface area (Å²) in [5, 5.41) is 0. The van der Waals surface area contributed by atoms with Crippen molar-refractivity contribution in [1.82, 2.24) is 9.80 Å². The molecule has 0 spiro atoms. The fourth-order valence-electron chi connectivity index (χ4n) is 2.24. The number of carbonyl (C=O) groups excluding carboxylic acids is 1. The van der Waals surface area contributed by atoms with Crippen LogP contribution in [-0.4, -0.2) is 48.9 Å². The van der Waals surface area contributed by atoms with Crippen molar-refractivity contribution in [1.29, 1.82) is 0 Å². The van der Waals surface area contributed by atoms with Crippen LogP contribution in [0.3, 0.4) is 0 Å². The van der Waals surface area contributed by atoms with Crippen LogP contribution >= 0.6 is 0 Å². The van der Waals surface area contributed by atoms with E-state index in [2.05, 4.69) is 35.2 Å². The van der Waals surface area contributed by atoms with Gasteiger partial charge in [-0.15, -0.1) is 0 Å². The molecule has 3 nitrogen and oxygen atoms in total. The van der Waals surface area contributed by atoms with E-state index in [-0.39, 0.29) is 0 Å². The van der Waals surface area contributed by atoms with Crippen LogP contribution in [0.15, 0.2) is 30.3 Å². The van der Waals surface area contributed by atoms with E-state index in [0.717, 1.165) is 45.6 Å². The van der Waals surface area contributed by atoms with Crippen molar-refractivity contribution < 1.29 is 4.79 Å². The number of hydrogen-bond donors (Lipinski definition) is 0. The maximum Gasteiger partial charge on any atom is 0.209 e. The molecule has 3 heteroatoms. The van der Waals surface area contributed by atoms with Gasteiger partial charge >= 0.3 is 0 Å². The van der Waals surface area contributed by atoms with Crippen molar-refractivity contribution >= 4 is 6.41 Å². The van der Waals surface area contributed by atoms with E-state index in [4.69, 9.17) is 0 Å². The number of nitrogens with zero attached hydrogens (tertiary/aromatic N) is 2. The van der Waals surface area contributed by atoms with Gasteiger partial charge in [-0.25, -0.2) is 0 Å². The summed E-state index contributed by atoms with van der Waals surface area (Å²) in [6.07, 6.45) is 3.31. The molecule has 1 fully saturated rings. The van der Waals surface area contributed by atoms with Gasteiger partial charge in [0, 0.05) is 26.2 Å². The Hall–Kier alpha value is -1.35. The molecular formula is C14H20N2O. The lowest BCUT2D eigenvalue weighted by atomic mass is 10.1. The largest absolute Gasteiger partial charge is 0.343 e. The molecule has 1 aromatic carbocycles. The molecule has 1 aliphatic heterocycles. The van der Waals surface area contributed by atoms with Crippen LogP contribution < -0.4 is 0 Å². The summed E-state index contributed by atoms with van der Waals surface area (Å²) in [6, 6.07) is 10.6. The van der Waals surface area contributed by atoms with Crippen LogP contribution in [0.2, 0.25) is 0 Å². The van der Waals surface area contributed by atoms with E-state index in [1.54, 1.807) is 0 Å². The first-order chi connectivity index (χ1) is 8.38. The monoisotopic (exact) mass is 232 g/mol. The number of amides is 1. The highest BCUT2D eigenvalue weighted by molar-refractivity contribution is 5.47. The predicted molar refractivity (Wildman–Crippen MR) is 68.8 cm³/mol. The van der Waals surface area contributed by atoms with Crippen molar-refractivity contribution in [3.05, 3.63) is 35.9 Å². The quantitative estimate of drug-likeness (QED) is 0.716. The standard InChI is InChI=1S/C14H20N2O/c17-13-16-11-9-15(10-12-16)8-4-7-14-5-2-1-3-6-14/h1-3,5-6,13H,4,7-12H2. The van der Waals surface area contributed by atoms with Crippen molar-refractivity contribution in [2.24, 2.45) is 0 Å². The van der Waals surface area contributed by atoms with Gasteiger partial charge in [0.1, 0.15) is 0 Å². The van der Waals surface area contributed by atoms with Crippen molar-refractivity contribution in [3.63, 3.8) is 0 Å². The summed E-state index contributed by atoms with van der Waals surface area (Å²) < 4.78 is 0. The van der Waals surface area contributed by atoms with Gasteiger partial charge < -0.3 is 4.90 Å². The molecule has 1 heterocycles. The molecule has 0 radical (unpaired) electrons. The highest BCUT2D eigenvalue weighted by Crippen LogP contribution is 2.05. The molecule has 17 heavy (non-hydrogen) atoms. The van der Waals surface area contributed by atoms with Crippen LogP contribution in [0, 0.1) is 0 Å². The first-order valence-electron chi connectivity index (χ1n) is 6.34. The summed E-state index contributed by atoms with van der Waals surface area (Å²) in [6.45, 7) is 4.95. The average molecular weight is 232 g/mol. The predicted octanol–water partition coefficient (Wildman–Crippen LogP) is 1.39. The molecule has 0 unspecified atom stereocenters. The number of rotatable bonds is 5. The number of hydrogen-bond acceptors (Lipinski definition) is 2. The molecule has 0 N–H and O–H groups in total. The van der Waals surface area contributed by atoms with Crippen LogP contribution in [0.1, 0.15) is 12.0 Å². The normalized spacial score (nSPS) is 17.1. The highest BCUT2D eigenvalue weighted by Gasteiger charge is 2.14. The summed E-state index contributed by atoms with van der Waals surface area (Å²) in [5.41, 5.74) is 1.42. The molecule has 92 valence electrons. The lowest BCUT2D eigenvalue weighted by Crippen LogP contribution is -2.45. The summed E-state index contributed by atoms with van der Waals surface area (Å²) >= 11 is 0. The smallest absolute Gasteiger partial charge is 0.209 e. The van der Waals surface area contributed by atoms with Crippen LogP contribution in [-0.2, 0) is 11.2 Å². The zero-order valence-corrected chi connectivity index (χ0v) is 10.2. The minimum atomic E-state index is 0.884. The van der Waals surface area contributed by atoms with E-state index >= 15 is 0 Å². The summed E-state index contributed by atoms with van der Waals surface area (Å²) in [7, 11) is 0. The topological polar surface area (TPSA) is 23.6 Å². The Bertz CT molecular complexity index is 331. The fraction of sp³-hybridized carbons (Fsp3) is 0.500.